The van der Waals surface area contributed by atoms with E-state index in [1.165, 1.54) is 19.1 Å². The molecule has 0 aliphatic carbocycles. The van der Waals surface area contributed by atoms with Crippen molar-refractivity contribution >= 4 is 5.97 Å². The molecule has 8 heteroatoms. The summed E-state index contributed by atoms with van der Waals surface area (Å²) < 4.78 is 19.8. The summed E-state index contributed by atoms with van der Waals surface area (Å²) in [5.74, 6) is -2.80. The van der Waals surface area contributed by atoms with Crippen LogP contribution in [-0.2, 0) is 9.53 Å². The quantitative estimate of drug-likeness (QED) is 0.503. The van der Waals surface area contributed by atoms with Crippen LogP contribution < -0.4 is 5.32 Å². The van der Waals surface area contributed by atoms with Gasteiger partial charge in [0.2, 0.25) is 0 Å². The molecule has 136 valence electrons. The smallest absolute Gasteiger partial charge is 0.337 e. The Morgan fingerprint density at radius 2 is 2.04 bits per heavy atom. The Labute approximate surface area is 149 Å². The maximum absolute atomic E-state index is 14.6. The summed E-state index contributed by atoms with van der Waals surface area (Å²) in [6.07, 6.45) is -0.444. The van der Waals surface area contributed by atoms with Crippen LogP contribution in [0.4, 0.5) is 4.39 Å². The van der Waals surface area contributed by atoms with Crippen LogP contribution in [-0.4, -0.2) is 17.0 Å². The highest BCUT2D eigenvalue weighted by molar-refractivity contribution is 5.92. The van der Waals surface area contributed by atoms with Crippen molar-refractivity contribution in [2.45, 2.75) is 39.7 Å². The third kappa shape index (κ3) is 3.57. The molecule has 1 atom stereocenters. The van der Waals surface area contributed by atoms with E-state index in [0.717, 1.165) is 6.07 Å². The van der Waals surface area contributed by atoms with E-state index < -0.39 is 28.7 Å². The van der Waals surface area contributed by atoms with E-state index in [1.54, 1.807) is 20.8 Å². The summed E-state index contributed by atoms with van der Waals surface area (Å²) in [7, 11) is 0. The number of allylic oxidation sites excluding steroid dienone is 3. The second-order valence-electron chi connectivity index (χ2n) is 6.17. The number of dihydropyridines is 1. The molecule has 2 rings (SSSR count). The molecular formula is C18H18FN3O4. The number of hydrogen-bond donors (Lipinski definition) is 1. The Hall–Kier alpha value is -3.21. The lowest BCUT2D eigenvalue weighted by atomic mass is 9.83. The van der Waals surface area contributed by atoms with Gasteiger partial charge in [-0.05, 0) is 39.8 Å². The number of nitriles is 1. The van der Waals surface area contributed by atoms with Crippen LogP contribution in [0.2, 0.25) is 0 Å². The predicted octanol–water partition coefficient (Wildman–Crippen LogP) is 3.12. The molecule has 0 radical (unpaired) electrons. The van der Waals surface area contributed by atoms with E-state index in [0.29, 0.717) is 5.70 Å². The fourth-order valence-electron chi connectivity index (χ4n) is 2.91. The highest BCUT2D eigenvalue weighted by Crippen LogP contribution is 2.40. The molecule has 26 heavy (non-hydrogen) atoms. The predicted molar refractivity (Wildman–Crippen MR) is 90.6 cm³/mol. The maximum atomic E-state index is 14.6. The lowest BCUT2D eigenvalue weighted by Crippen LogP contribution is -2.32. The minimum Gasteiger partial charge on any atom is -0.460 e. The van der Waals surface area contributed by atoms with Crippen LogP contribution in [0.25, 0.3) is 0 Å². The van der Waals surface area contributed by atoms with Gasteiger partial charge in [-0.1, -0.05) is 6.07 Å². The minimum atomic E-state index is -1.25. The van der Waals surface area contributed by atoms with Gasteiger partial charge >= 0.3 is 5.97 Å². The largest absolute Gasteiger partial charge is 0.460 e. The Morgan fingerprint density at radius 1 is 1.38 bits per heavy atom. The number of nitrogens with zero attached hydrogens (tertiary/aromatic N) is 2. The summed E-state index contributed by atoms with van der Waals surface area (Å²) >= 11 is 0. The summed E-state index contributed by atoms with van der Waals surface area (Å²) in [6.45, 7) is 6.36. The molecule has 0 fully saturated rings. The van der Waals surface area contributed by atoms with Crippen molar-refractivity contribution in [3.8, 4) is 6.07 Å². The van der Waals surface area contributed by atoms with Gasteiger partial charge in [-0.15, -0.1) is 0 Å². The van der Waals surface area contributed by atoms with Gasteiger partial charge in [0, 0.05) is 11.3 Å². The van der Waals surface area contributed by atoms with Gasteiger partial charge in [-0.2, -0.15) is 5.26 Å². The molecule has 0 saturated carbocycles. The Bertz CT molecular complexity index is 881. The lowest BCUT2D eigenvalue weighted by Gasteiger charge is -2.27. The topological polar surface area (TPSA) is 105 Å². The SMILES string of the molecule is CC1=C(C(=O)OC(C)C)[C@H](c2ccc(C#N)cc2F)C([N+](=O)[O-])=C(C)N1. The minimum absolute atomic E-state index is 0.0281. The van der Waals surface area contributed by atoms with Gasteiger partial charge in [0.05, 0.1) is 33.9 Å². The summed E-state index contributed by atoms with van der Waals surface area (Å²) in [6, 6.07) is 5.44. The molecular weight excluding hydrogens is 341 g/mol. The van der Waals surface area contributed by atoms with Crippen molar-refractivity contribution in [2.75, 3.05) is 0 Å². The zero-order valence-electron chi connectivity index (χ0n) is 14.8. The van der Waals surface area contributed by atoms with E-state index in [4.69, 9.17) is 10.00 Å². The van der Waals surface area contributed by atoms with Crippen LogP contribution in [0, 0.1) is 27.3 Å². The van der Waals surface area contributed by atoms with E-state index in [1.807, 2.05) is 6.07 Å². The van der Waals surface area contributed by atoms with Crippen LogP contribution >= 0.6 is 0 Å². The summed E-state index contributed by atoms with van der Waals surface area (Å²) in [4.78, 5) is 23.6. The second-order valence-corrected chi connectivity index (χ2v) is 6.17. The number of ether oxygens (including phenoxy) is 1. The Balaban J connectivity index is 2.70. The van der Waals surface area contributed by atoms with Gasteiger partial charge in [-0.25, -0.2) is 9.18 Å². The number of esters is 1. The van der Waals surface area contributed by atoms with Crippen LogP contribution in [0.5, 0.6) is 0 Å². The number of benzene rings is 1. The molecule has 1 aromatic carbocycles. The van der Waals surface area contributed by atoms with Gasteiger partial charge in [0.25, 0.3) is 5.70 Å². The standard InChI is InChI=1S/C18H18FN3O4/c1-9(2)26-18(23)15-10(3)21-11(4)17(22(24)25)16(15)13-6-5-12(8-20)7-14(13)19/h5-7,9,16,21H,1-4H3/t16-/m0/s1. The second kappa shape index (κ2) is 7.35. The number of nitro groups is 1. The van der Waals surface area contributed by atoms with Gasteiger partial charge in [0.1, 0.15) is 11.7 Å². The highest BCUT2D eigenvalue weighted by atomic mass is 19.1. The number of carbonyl (C=O) groups excluding carboxylic acids is 1. The summed E-state index contributed by atoms with van der Waals surface area (Å²) in [5, 5.41) is 23.3. The Morgan fingerprint density at radius 3 is 2.54 bits per heavy atom. The van der Waals surface area contributed by atoms with Crippen molar-refractivity contribution in [2.24, 2.45) is 0 Å². The van der Waals surface area contributed by atoms with E-state index in [2.05, 4.69) is 5.32 Å². The van der Waals surface area contributed by atoms with Crippen molar-refractivity contribution < 1.29 is 18.8 Å². The molecule has 0 spiro atoms. The first-order chi connectivity index (χ1) is 12.2. The molecule has 0 saturated heterocycles. The average Bonchev–Trinajstić information content (AvgIpc) is 2.52. The normalized spacial score (nSPS) is 17.0. The molecule has 0 bridgehead atoms. The van der Waals surface area contributed by atoms with Crippen LogP contribution in [0.15, 0.2) is 40.9 Å². The van der Waals surface area contributed by atoms with Crippen LogP contribution in [0.1, 0.15) is 44.7 Å². The first kappa shape index (κ1) is 19.1. The molecule has 7 nitrogen and oxygen atoms in total. The van der Waals surface area contributed by atoms with Crippen molar-refractivity contribution in [1.82, 2.24) is 5.32 Å². The van der Waals surface area contributed by atoms with Crippen molar-refractivity contribution in [3.05, 3.63) is 67.9 Å². The summed E-state index contributed by atoms with van der Waals surface area (Å²) in [5.41, 5.74) is 0.214. The van der Waals surface area contributed by atoms with Gasteiger partial charge in [-0.3, -0.25) is 10.1 Å². The fraction of sp³-hybridized carbons (Fsp3) is 0.333. The average molecular weight is 359 g/mol. The maximum Gasteiger partial charge on any atom is 0.337 e. The van der Waals surface area contributed by atoms with Crippen molar-refractivity contribution in [1.29, 1.82) is 5.26 Å². The Kier molecular flexibility index (Phi) is 5.41. The first-order valence-corrected chi connectivity index (χ1v) is 7.90. The highest BCUT2D eigenvalue weighted by Gasteiger charge is 2.42. The third-order valence-corrected chi connectivity index (χ3v) is 3.93. The number of nitrogens with one attached hydrogen (secondary N) is 1. The van der Waals surface area contributed by atoms with Crippen LogP contribution in [0.3, 0.4) is 0 Å². The molecule has 0 aromatic heterocycles. The molecule has 1 aliphatic rings. The number of halogens is 1. The van der Waals surface area contributed by atoms with E-state index in [9.17, 15) is 19.3 Å². The van der Waals surface area contributed by atoms with Gasteiger partial charge < -0.3 is 10.1 Å². The molecule has 0 unspecified atom stereocenters. The number of rotatable bonds is 4. The van der Waals surface area contributed by atoms with E-state index >= 15 is 0 Å². The van der Waals surface area contributed by atoms with E-state index in [-0.39, 0.29) is 28.1 Å². The number of hydrogen-bond acceptors (Lipinski definition) is 6. The number of carbonyl (C=O) groups is 1. The monoisotopic (exact) mass is 359 g/mol. The van der Waals surface area contributed by atoms with Gasteiger partial charge in [0.15, 0.2) is 0 Å². The van der Waals surface area contributed by atoms with Crippen molar-refractivity contribution in [3.63, 3.8) is 0 Å². The molecule has 1 aromatic rings. The third-order valence-electron chi connectivity index (χ3n) is 3.93. The zero-order valence-corrected chi connectivity index (χ0v) is 14.8. The molecule has 1 heterocycles. The fourth-order valence-corrected chi connectivity index (χ4v) is 2.91. The molecule has 1 N–H and O–H groups in total. The molecule has 0 amide bonds. The molecule has 1 aliphatic heterocycles. The lowest BCUT2D eigenvalue weighted by molar-refractivity contribution is -0.431. The first-order valence-electron chi connectivity index (χ1n) is 7.90. The zero-order chi connectivity index (χ0) is 19.6.